The van der Waals surface area contributed by atoms with Crippen molar-refractivity contribution in [1.82, 2.24) is 4.98 Å². The zero-order chi connectivity index (χ0) is 19.4. The van der Waals surface area contributed by atoms with E-state index >= 15 is 0 Å². The van der Waals surface area contributed by atoms with Gasteiger partial charge in [0.15, 0.2) is 12.3 Å². The quantitative estimate of drug-likeness (QED) is 0.763. The number of pyridine rings is 1. The first-order chi connectivity index (χ1) is 13.0. The van der Waals surface area contributed by atoms with Gasteiger partial charge < -0.3 is 15.4 Å². The highest BCUT2D eigenvalue weighted by Crippen LogP contribution is 2.38. The molecule has 0 aliphatic heterocycles. The SMILES string of the molecule is CC(=O)Nc1cccc(C(=O)OCC(=O)Nc2sc3c(c2C#N)CCC3)n1. The number of ether oxygens (including phenoxy) is 1. The predicted molar refractivity (Wildman–Crippen MR) is 98.5 cm³/mol. The minimum absolute atomic E-state index is 0.0261. The Morgan fingerprint density at radius 3 is 2.85 bits per heavy atom. The van der Waals surface area contributed by atoms with Crippen molar-refractivity contribution in [2.24, 2.45) is 0 Å². The molecule has 0 radical (unpaired) electrons. The Kier molecular flexibility index (Phi) is 5.47. The minimum Gasteiger partial charge on any atom is -0.451 e. The average molecular weight is 384 g/mol. The lowest BCUT2D eigenvalue weighted by molar-refractivity contribution is -0.119. The van der Waals surface area contributed by atoms with Gasteiger partial charge in [-0.05, 0) is 37.0 Å². The summed E-state index contributed by atoms with van der Waals surface area (Å²) in [5.41, 5.74) is 1.48. The van der Waals surface area contributed by atoms with E-state index in [9.17, 15) is 19.6 Å². The van der Waals surface area contributed by atoms with Gasteiger partial charge in [0.1, 0.15) is 16.9 Å². The van der Waals surface area contributed by atoms with E-state index in [-0.39, 0.29) is 17.4 Å². The first-order valence-corrected chi connectivity index (χ1v) is 9.06. The first-order valence-electron chi connectivity index (χ1n) is 8.24. The molecule has 0 saturated heterocycles. The Hall–Kier alpha value is -3.25. The summed E-state index contributed by atoms with van der Waals surface area (Å²) in [4.78, 5) is 40.3. The summed E-state index contributed by atoms with van der Waals surface area (Å²) in [6.07, 6.45) is 2.78. The maximum atomic E-state index is 12.1. The van der Waals surface area contributed by atoms with Crippen LogP contribution in [0.2, 0.25) is 0 Å². The van der Waals surface area contributed by atoms with Gasteiger partial charge in [0.25, 0.3) is 5.91 Å². The zero-order valence-corrected chi connectivity index (χ0v) is 15.3. The van der Waals surface area contributed by atoms with Crippen molar-refractivity contribution in [3.05, 3.63) is 39.9 Å². The maximum absolute atomic E-state index is 12.1. The van der Waals surface area contributed by atoms with Crippen LogP contribution in [0.5, 0.6) is 0 Å². The van der Waals surface area contributed by atoms with Crippen LogP contribution in [0.4, 0.5) is 10.8 Å². The Morgan fingerprint density at radius 1 is 1.30 bits per heavy atom. The number of carbonyl (C=O) groups excluding carboxylic acids is 3. The van der Waals surface area contributed by atoms with Gasteiger partial charge in [-0.15, -0.1) is 11.3 Å². The van der Waals surface area contributed by atoms with E-state index in [4.69, 9.17) is 4.74 Å². The molecule has 3 rings (SSSR count). The van der Waals surface area contributed by atoms with E-state index in [0.29, 0.717) is 10.6 Å². The van der Waals surface area contributed by atoms with Crippen LogP contribution in [0.25, 0.3) is 0 Å². The van der Waals surface area contributed by atoms with E-state index in [1.807, 2.05) is 0 Å². The molecule has 0 bridgehead atoms. The van der Waals surface area contributed by atoms with Crippen LogP contribution in [-0.2, 0) is 27.2 Å². The lowest BCUT2D eigenvalue weighted by Crippen LogP contribution is -2.21. The smallest absolute Gasteiger partial charge is 0.357 e. The third-order valence-electron chi connectivity index (χ3n) is 3.88. The fourth-order valence-electron chi connectivity index (χ4n) is 2.78. The van der Waals surface area contributed by atoms with Crippen molar-refractivity contribution < 1.29 is 19.1 Å². The summed E-state index contributed by atoms with van der Waals surface area (Å²) in [6.45, 7) is 0.825. The number of hydrogen-bond donors (Lipinski definition) is 2. The monoisotopic (exact) mass is 384 g/mol. The van der Waals surface area contributed by atoms with Crippen molar-refractivity contribution >= 4 is 39.9 Å². The first kappa shape index (κ1) is 18.5. The number of hydrogen-bond acceptors (Lipinski definition) is 7. The third kappa shape index (κ3) is 4.30. The number of nitrogens with zero attached hydrogens (tertiary/aromatic N) is 2. The number of aryl methyl sites for hydroxylation is 1. The highest BCUT2D eigenvalue weighted by Gasteiger charge is 2.23. The molecule has 27 heavy (non-hydrogen) atoms. The van der Waals surface area contributed by atoms with Crippen LogP contribution in [0, 0.1) is 11.3 Å². The lowest BCUT2D eigenvalue weighted by atomic mass is 10.1. The minimum atomic E-state index is -0.786. The highest BCUT2D eigenvalue weighted by molar-refractivity contribution is 7.16. The van der Waals surface area contributed by atoms with E-state index < -0.39 is 18.5 Å². The predicted octanol–water partition coefficient (Wildman–Crippen LogP) is 2.26. The number of thiophene rings is 1. The van der Waals surface area contributed by atoms with Crippen molar-refractivity contribution in [3.63, 3.8) is 0 Å². The molecule has 8 nitrogen and oxygen atoms in total. The molecule has 138 valence electrons. The number of carbonyl (C=O) groups is 3. The third-order valence-corrected chi connectivity index (χ3v) is 5.09. The molecule has 0 fully saturated rings. The Morgan fingerprint density at radius 2 is 2.11 bits per heavy atom. The van der Waals surface area contributed by atoms with Crippen molar-refractivity contribution in [1.29, 1.82) is 5.26 Å². The summed E-state index contributed by atoms with van der Waals surface area (Å²) >= 11 is 1.39. The summed E-state index contributed by atoms with van der Waals surface area (Å²) in [6, 6.07) is 6.63. The lowest BCUT2D eigenvalue weighted by Gasteiger charge is -2.07. The molecule has 0 aromatic carbocycles. The molecular formula is C18H16N4O4S. The number of nitrogens with one attached hydrogen (secondary N) is 2. The number of nitriles is 1. The van der Waals surface area contributed by atoms with Crippen LogP contribution in [0.3, 0.4) is 0 Å². The van der Waals surface area contributed by atoms with E-state index in [1.165, 1.54) is 30.4 Å². The Labute approximate surface area is 159 Å². The Balaban J connectivity index is 1.59. The van der Waals surface area contributed by atoms with Crippen LogP contribution in [0.1, 0.15) is 39.8 Å². The number of rotatable bonds is 5. The van der Waals surface area contributed by atoms with Crippen LogP contribution in [-0.4, -0.2) is 29.4 Å². The number of esters is 1. The summed E-state index contributed by atoms with van der Waals surface area (Å²) in [7, 11) is 0. The van der Waals surface area contributed by atoms with Gasteiger partial charge in [-0.2, -0.15) is 5.26 Å². The fourth-order valence-corrected chi connectivity index (χ4v) is 4.03. The summed E-state index contributed by atoms with van der Waals surface area (Å²) in [5, 5.41) is 14.9. The van der Waals surface area contributed by atoms with E-state index in [2.05, 4.69) is 21.7 Å². The second kappa shape index (κ2) is 7.97. The van der Waals surface area contributed by atoms with Gasteiger partial charge in [0.2, 0.25) is 5.91 Å². The molecule has 0 saturated carbocycles. The van der Waals surface area contributed by atoms with Gasteiger partial charge in [-0.3, -0.25) is 9.59 Å². The van der Waals surface area contributed by atoms with Crippen molar-refractivity contribution in [2.75, 3.05) is 17.2 Å². The summed E-state index contributed by atoms with van der Waals surface area (Å²) < 4.78 is 4.97. The van der Waals surface area contributed by atoms with Gasteiger partial charge in [0.05, 0.1) is 5.56 Å². The van der Waals surface area contributed by atoms with Gasteiger partial charge >= 0.3 is 5.97 Å². The molecular weight excluding hydrogens is 368 g/mol. The van der Waals surface area contributed by atoms with E-state index in [0.717, 1.165) is 29.7 Å². The average Bonchev–Trinajstić information content (AvgIpc) is 3.19. The standard InChI is InChI=1S/C18H16N4O4S/c1-10(23)20-15-7-3-5-13(21-15)18(25)26-9-16(24)22-17-12(8-19)11-4-2-6-14(11)27-17/h3,5,7H,2,4,6,9H2,1H3,(H,22,24)(H,20,21,23). The summed E-state index contributed by atoms with van der Waals surface area (Å²) in [5.74, 6) is -1.42. The fraction of sp³-hybridized carbons (Fsp3) is 0.278. The van der Waals surface area contributed by atoms with Crippen molar-refractivity contribution in [2.45, 2.75) is 26.2 Å². The van der Waals surface area contributed by atoms with Crippen LogP contribution >= 0.6 is 11.3 Å². The molecule has 1 aliphatic rings. The van der Waals surface area contributed by atoms with Gasteiger partial charge in [0, 0.05) is 11.8 Å². The Bertz CT molecular complexity index is 961. The highest BCUT2D eigenvalue weighted by atomic mass is 32.1. The molecule has 1 aliphatic carbocycles. The largest absolute Gasteiger partial charge is 0.451 e. The molecule has 2 amide bonds. The molecule has 2 aromatic heterocycles. The number of aromatic nitrogens is 1. The number of anilines is 2. The van der Waals surface area contributed by atoms with E-state index in [1.54, 1.807) is 6.07 Å². The van der Waals surface area contributed by atoms with Gasteiger partial charge in [-0.1, -0.05) is 6.07 Å². The molecule has 9 heteroatoms. The topological polar surface area (TPSA) is 121 Å². The molecule has 2 aromatic rings. The van der Waals surface area contributed by atoms with Gasteiger partial charge in [-0.25, -0.2) is 9.78 Å². The second-order valence-corrected chi connectivity index (χ2v) is 6.99. The molecule has 0 unspecified atom stereocenters. The number of fused-ring (bicyclic) bond motifs is 1. The van der Waals surface area contributed by atoms with Crippen LogP contribution in [0.15, 0.2) is 18.2 Å². The maximum Gasteiger partial charge on any atom is 0.357 e. The zero-order valence-electron chi connectivity index (χ0n) is 14.5. The molecule has 2 N–H and O–H groups in total. The molecule has 2 heterocycles. The number of amides is 2. The van der Waals surface area contributed by atoms with Crippen LogP contribution < -0.4 is 10.6 Å². The molecule has 0 spiro atoms. The second-order valence-electron chi connectivity index (χ2n) is 5.89. The van der Waals surface area contributed by atoms with Crippen molar-refractivity contribution in [3.8, 4) is 6.07 Å². The normalized spacial score (nSPS) is 12.0. The molecule has 0 atom stereocenters.